The summed E-state index contributed by atoms with van der Waals surface area (Å²) in [5.41, 5.74) is 10.2. The zero-order chi connectivity index (χ0) is 14.9. The van der Waals surface area contributed by atoms with Gasteiger partial charge in [0.2, 0.25) is 5.91 Å². The Bertz CT molecular complexity index is 496. The van der Waals surface area contributed by atoms with Gasteiger partial charge in [0, 0.05) is 18.5 Å². The van der Waals surface area contributed by atoms with Crippen molar-refractivity contribution in [2.75, 3.05) is 0 Å². The van der Waals surface area contributed by atoms with E-state index in [9.17, 15) is 4.79 Å². The van der Waals surface area contributed by atoms with Crippen molar-refractivity contribution in [2.24, 2.45) is 5.73 Å². The predicted molar refractivity (Wildman–Crippen MR) is 82.5 cm³/mol. The summed E-state index contributed by atoms with van der Waals surface area (Å²) in [4.78, 5) is 14.5. The molecule has 2 unspecified atom stereocenters. The van der Waals surface area contributed by atoms with Gasteiger partial charge >= 0.3 is 0 Å². The van der Waals surface area contributed by atoms with Crippen molar-refractivity contribution < 1.29 is 4.79 Å². The fourth-order valence-corrected chi connectivity index (χ4v) is 3.22. The van der Waals surface area contributed by atoms with Crippen molar-refractivity contribution in [1.82, 2.24) is 4.90 Å². The van der Waals surface area contributed by atoms with Crippen molar-refractivity contribution in [3.63, 3.8) is 0 Å². The molecule has 0 spiro atoms. The highest BCUT2D eigenvalue weighted by Gasteiger charge is 2.35. The summed E-state index contributed by atoms with van der Waals surface area (Å²) >= 11 is 0. The van der Waals surface area contributed by atoms with E-state index in [0.29, 0.717) is 6.42 Å². The average molecular weight is 274 g/mol. The van der Waals surface area contributed by atoms with Gasteiger partial charge in [0.15, 0.2) is 0 Å². The molecule has 2 atom stereocenters. The van der Waals surface area contributed by atoms with Crippen molar-refractivity contribution in [1.29, 1.82) is 0 Å². The average Bonchev–Trinajstić information content (AvgIpc) is 2.52. The molecule has 1 heterocycles. The molecular formula is C17H26N2O. The highest BCUT2D eigenvalue weighted by molar-refractivity contribution is 5.77. The molecule has 0 aromatic heterocycles. The van der Waals surface area contributed by atoms with E-state index in [1.165, 1.54) is 16.7 Å². The zero-order valence-electron chi connectivity index (χ0n) is 13.0. The van der Waals surface area contributed by atoms with Gasteiger partial charge in [-0.2, -0.15) is 0 Å². The molecule has 2 N–H and O–H groups in total. The summed E-state index contributed by atoms with van der Waals surface area (Å²) in [6.45, 7) is 8.40. The van der Waals surface area contributed by atoms with Crippen molar-refractivity contribution in [3.05, 3.63) is 34.9 Å². The van der Waals surface area contributed by atoms with Crippen LogP contribution in [0.2, 0.25) is 0 Å². The van der Waals surface area contributed by atoms with Crippen molar-refractivity contribution in [2.45, 2.75) is 65.1 Å². The Labute approximate surface area is 122 Å². The molecule has 1 saturated heterocycles. The predicted octanol–water partition coefficient (Wildman–Crippen LogP) is 3.09. The molecule has 1 aromatic rings. The topological polar surface area (TPSA) is 46.3 Å². The minimum Gasteiger partial charge on any atom is -0.332 e. The Morgan fingerprint density at radius 2 is 2.00 bits per heavy atom. The molecule has 0 radical (unpaired) electrons. The van der Waals surface area contributed by atoms with Gasteiger partial charge in [0.1, 0.15) is 0 Å². The van der Waals surface area contributed by atoms with Gasteiger partial charge in [-0.1, -0.05) is 18.2 Å². The van der Waals surface area contributed by atoms with Crippen LogP contribution in [0.5, 0.6) is 0 Å². The van der Waals surface area contributed by atoms with E-state index in [2.05, 4.69) is 45.9 Å². The van der Waals surface area contributed by atoms with Gasteiger partial charge in [0.25, 0.3) is 0 Å². The minimum absolute atomic E-state index is 0.00454. The van der Waals surface area contributed by atoms with E-state index in [0.717, 1.165) is 12.8 Å². The Balaban J connectivity index is 2.52. The van der Waals surface area contributed by atoms with Crippen molar-refractivity contribution in [3.8, 4) is 0 Å². The van der Waals surface area contributed by atoms with Gasteiger partial charge in [-0.05, 0) is 57.2 Å². The van der Waals surface area contributed by atoms with Gasteiger partial charge < -0.3 is 10.6 Å². The lowest BCUT2D eigenvalue weighted by Crippen LogP contribution is -2.46. The van der Waals surface area contributed by atoms with Gasteiger partial charge in [-0.25, -0.2) is 0 Å². The fourth-order valence-electron chi connectivity index (χ4n) is 3.22. The number of nitrogens with two attached hydrogens (primary N) is 1. The smallest absolute Gasteiger partial charge is 0.223 e. The maximum atomic E-state index is 12.5. The summed E-state index contributed by atoms with van der Waals surface area (Å²) in [6, 6.07) is 6.51. The number of rotatable bonds is 2. The quantitative estimate of drug-likeness (QED) is 0.900. The number of aryl methyl sites for hydroxylation is 1. The molecule has 1 aliphatic rings. The van der Waals surface area contributed by atoms with E-state index < -0.39 is 0 Å². The number of hydrogen-bond donors (Lipinski definition) is 1. The van der Waals surface area contributed by atoms with E-state index in [1.54, 1.807) is 0 Å². The summed E-state index contributed by atoms with van der Waals surface area (Å²) < 4.78 is 0. The molecule has 0 aliphatic carbocycles. The third kappa shape index (κ3) is 2.73. The standard InChI is InChI=1S/C17H26N2O/c1-11(2)19-16(20)10-6-9-15(18)17(19)14-8-5-7-12(3)13(14)4/h5,7-8,11,15,17H,6,9-10,18H2,1-4H3. The zero-order valence-corrected chi connectivity index (χ0v) is 13.0. The molecule has 1 aromatic carbocycles. The summed E-state index contributed by atoms with van der Waals surface area (Å²) in [5, 5.41) is 0. The van der Waals surface area contributed by atoms with Crippen LogP contribution in [0.25, 0.3) is 0 Å². The molecule has 2 rings (SSSR count). The Hall–Kier alpha value is -1.35. The molecule has 3 heteroatoms. The van der Waals surface area contributed by atoms with E-state index >= 15 is 0 Å². The first-order valence-corrected chi connectivity index (χ1v) is 7.56. The summed E-state index contributed by atoms with van der Waals surface area (Å²) in [6.07, 6.45) is 2.42. The normalized spacial score (nSPS) is 24.1. The maximum absolute atomic E-state index is 12.5. The van der Waals surface area contributed by atoms with E-state index in [1.807, 2.05) is 4.90 Å². The minimum atomic E-state index is 0.00454. The first kappa shape index (κ1) is 15.0. The number of hydrogen-bond acceptors (Lipinski definition) is 2. The molecule has 1 amide bonds. The third-order valence-electron chi connectivity index (χ3n) is 4.44. The molecule has 20 heavy (non-hydrogen) atoms. The number of carbonyl (C=O) groups is 1. The number of likely N-dealkylation sites (tertiary alicyclic amines) is 1. The number of nitrogens with zero attached hydrogens (tertiary/aromatic N) is 1. The van der Waals surface area contributed by atoms with Gasteiger partial charge in [-0.3, -0.25) is 4.79 Å². The van der Waals surface area contributed by atoms with Crippen LogP contribution in [0, 0.1) is 13.8 Å². The monoisotopic (exact) mass is 274 g/mol. The lowest BCUT2D eigenvalue weighted by atomic mass is 9.90. The second kappa shape index (κ2) is 5.96. The molecular weight excluding hydrogens is 248 g/mol. The number of benzene rings is 1. The fraction of sp³-hybridized carbons (Fsp3) is 0.588. The third-order valence-corrected chi connectivity index (χ3v) is 4.44. The molecule has 110 valence electrons. The second-order valence-corrected chi connectivity index (χ2v) is 6.18. The van der Waals surface area contributed by atoms with Crippen LogP contribution < -0.4 is 5.73 Å². The highest BCUT2D eigenvalue weighted by Crippen LogP contribution is 2.34. The Morgan fingerprint density at radius 3 is 2.65 bits per heavy atom. The van der Waals surface area contributed by atoms with Crippen LogP contribution in [0.1, 0.15) is 55.8 Å². The van der Waals surface area contributed by atoms with Crippen molar-refractivity contribution >= 4 is 5.91 Å². The molecule has 0 saturated carbocycles. The van der Waals surface area contributed by atoms with Crippen LogP contribution in [0.4, 0.5) is 0 Å². The highest BCUT2D eigenvalue weighted by atomic mass is 16.2. The largest absolute Gasteiger partial charge is 0.332 e. The van der Waals surface area contributed by atoms with Gasteiger partial charge in [0.05, 0.1) is 6.04 Å². The van der Waals surface area contributed by atoms with Crippen LogP contribution in [0.15, 0.2) is 18.2 Å². The number of amides is 1. The van der Waals surface area contributed by atoms with Crippen LogP contribution >= 0.6 is 0 Å². The van der Waals surface area contributed by atoms with E-state index in [4.69, 9.17) is 5.73 Å². The SMILES string of the molecule is Cc1cccc(C2C(N)CCCC(=O)N2C(C)C)c1C. The molecule has 0 bridgehead atoms. The van der Waals surface area contributed by atoms with Gasteiger partial charge in [-0.15, -0.1) is 0 Å². The first-order chi connectivity index (χ1) is 9.43. The second-order valence-electron chi connectivity index (χ2n) is 6.18. The van der Waals surface area contributed by atoms with Crippen LogP contribution in [0.3, 0.4) is 0 Å². The van der Waals surface area contributed by atoms with E-state index in [-0.39, 0.29) is 24.0 Å². The lowest BCUT2D eigenvalue weighted by molar-refractivity contribution is -0.135. The Kier molecular flexibility index (Phi) is 4.48. The maximum Gasteiger partial charge on any atom is 0.223 e. The number of carbonyl (C=O) groups excluding carboxylic acids is 1. The molecule has 3 nitrogen and oxygen atoms in total. The molecule has 1 fully saturated rings. The summed E-state index contributed by atoms with van der Waals surface area (Å²) in [7, 11) is 0. The summed E-state index contributed by atoms with van der Waals surface area (Å²) in [5.74, 6) is 0.235. The van der Waals surface area contributed by atoms with Crippen LogP contribution in [-0.4, -0.2) is 22.9 Å². The first-order valence-electron chi connectivity index (χ1n) is 7.56. The lowest BCUT2D eigenvalue weighted by Gasteiger charge is -2.38. The molecule has 1 aliphatic heterocycles. The van der Waals surface area contributed by atoms with Crippen LogP contribution in [-0.2, 0) is 4.79 Å². The Morgan fingerprint density at radius 1 is 1.30 bits per heavy atom.